The van der Waals surface area contributed by atoms with Gasteiger partial charge in [-0.3, -0.25) is 0 Å². The van der Waals surface area contributed by atoms with Crippen LogP contribution in [0.3, 0.4) is 0 Å². The quantitative estimate of drug-likeness (QED) is 0.378. The van der Waals surface area contributed by atoms with Crippen LogP contribution in [0.4, 0.5) is 0 Å². The summed E-state index contributed by atoms with van der Waals surface area (Å²) in [4.78, 5) is 0. The summed E-state index contributed by atoms with van der Waals surface area (Å²) in [5.74, 6) is 0.842. The third-order valence-corrected chi connectivity index (χ3v) is 3.06. The van der Waals surface area contributed by atoms with Gasteiger partial charge in [0.05, 0.1) is 4.47 Å². The van der Waals surface area contributed by atoms with Gasteiger partial charge in [-0.2, -0.15) is 0 Å². The molecule has 94 valence electrons. The van der Waals surface area contributed by atoms with Crippen molar-refractivity contribution in [3.05, 3.63) is 27.7 Å². The van der Waals surface area contributed by atoms with Crippen LogP contribution in [0.2, 0.25) is 5.02 Å². The molecule has 0 radical (unpaired) electrons. The molecule has 17 heavy (non-hydrogen) atoms. The number of nitrogens with two attached hydrogens (primary N) is 1. The highest BCUT2D eigenvalue weighted by Crippen LogP contribution is 2.29. The van der Waals surface area contributed by atoms with E-state index in [4.69, 9.17) is 27.3 Å². The fourth-order valence-electron chi connectivity index (χ4n) is 1.29. The Morgan fingerprint density at radius 1 is 1.65 bits per heavy atom. The van der Waals surface area contributed by atoms with Crippen LogP contribution in [-0.4, -0.2) is 17.1 Å². The van der Waals surface area contributed by atoms with E-state index < -0.39 is 0 Å². The highest BCUT2D eigenvalue weighted by Gasteiger charge is 2.12. The zero-order valence-corrected chi connectivity index (χ0v) is 11.7. The molecule has 0 fully saturated rings. The Bertz CT molecular complexity index is 412. The first-order valence-corrected chi connectivity index (χ1v) is 6.32. The normalized spacial score (nSPS) is 13.5. The molecule has 0 aromatic heterocycles. The topological polar surface area (TPSA) is 67.8 Å². The molecule has 0 spiro atoms. The Balaban J connectivity index is 2.73. The minimum absolute atomic E-state index is 0.136. The van der Waals surface area contributed by atoms with Crippen LogP contribution in [0.5, 0.6) is 5.75 Å². The van der Waals surface area contributed by atoms with Gasteiger partial charge in [-0.25, -0.2) is 0 Å². The smallest absolute Gasteiger partial charge is 0.142 e. The van der Waals surface area contributed by atoms with E-state index in [0.29, 0.717) is 17.2 Å². The highest BCUT2D eigenvalue weighted by atomic mass is 79.9. The Labute approximate surface area is 114 Å². The summed E-state index contributed by atoms with van der Waals surface area (Å²) >= 11 is 9.20. The maximum absolute atomic E-state index is 8.52. The predicted octanol–water partition coefficient (Wildman–Crippen LogP) is 3.40. The van der Waals surface area contributed by atoms with Gasteiger partial charge in [0.25, 0.3) is 0 Å². The first-order chi connectivity index (χ1) is 8.06. The van der Waals surface area contributed by atoms with Crippen LogP contribution < -0.4 is 10.5 Å². The van der Waals surface area contributed by atoms with Crippen molar-refractivity contribution in [2.24, 2.45) is 10.9 Å². The minimum Gasteiger partial charge on any atom is -0.489 e. The second-order valence-electron chi connectivity index (χ2n) is 3.52. The number of halogens is 2. The molecular weight excluding hydrogens is 307 g/mol. The fraction of sp³-hybridized carbons (Fsp3) is 0.364. The van der Waals surface area contributed by atoms with Gasteiger partial charge >= 0.3 is 0 Å². The lowest BCUT2D eigenvalue weighted by atomic mass is 10.2. The Hall–Kier alpha value is -0.940. The van der Waals surface area contributed by atoms with Crippen LogP contribution in [0.15, 0.2) is 27.8 Å². The molecule has 0 aliphatic heterocycles. The van der Waals surface area contributed by atoms with Crippen LogP contribution in [0.1, 0.15) is 19.8 Å². The maximum atomic E-state index is 8.52. The second-order valence-corrected chi connectivity index (χ2v) is 4.81. The van der Waals surface area contributed by atoms with E-state index in [0.717, 1.165) is 10.9 Å². The van der Waals surface area contributed by atoms with Gasteiger partial charge in [0, 0.05) is 11.4 Å². The summed E-state index contributed by atoms with van der Waals surface area (Å²) in [5.41, 5.74) is 5.45. The van der Waals surface area contributed by atoms with E-state index in [2.05, 4.69) is 21.1 Å². The molecule has 1 aromatic rings. The van der Waals surface area contributed by atoms with Crippen molar-refractivity contribution in [1.82, 2.24) is 0 Å². The lowest BCUT2D eigenvalue weighted by Gasteiger charge is -2.17. The largest absolute Gasteiger partial charge is 0.489 e. The monoisotopic (exact) mass is 320 g/mol. The van der Waals surface area contributed by atoms with Crippen LogP contribution >= 0.6 is 27.5 Å². The SMILES string of the molecule is CCC(C/C(N)=N/O)Oc1ccc(Cl)cc1Br. The van der Waals surface area contributed by atoms with E-state index in [-0.39, 0.29) is 11.9 Å². The summed E-state index contributed by atoms with van der Waals surface area (Å²) < 4.78 is 6.52. The van der Waals surface area contributed by atoms with E-state index in [1.54, 1.807) is 18.2 Å². The van der Waals surface area contributed by atoms with Gasteiger partial charge in [-0.05, 0) is 40.5 Å². The van der Waals surface area contributed by atoms with Crippen LogP contribution in [0, 0.1) is 0 Å². The van der Waals surface area contributed by atoms with E-state index in [1.807, 2.05) is 6.92 Å². The number of amidine groups is 1. The number of hydrogen-bond donors (Lipinski definition) is 2. The average molecular weight is 322 g/mol. The summed E-state index contributed by atoms with van der Waals surface area (Å²) in [6, 6.07) is 5.28. The fourth-order valence-corrected chi connectivity index (χ4v) is 2.07. The van der Waals surface area contributed by atoms with Gasteiger partial charge in [-0.1, -0.05) is 23.7 Å². The average Bonchev–Trinajstić information content (AvgIpc) is 2.31. The lowest BCUT2D eigenvalue weighted by molar-refractivity contribution is 0.201. The highest BCUT2D eigenvalue weighted by molar-refractivity contribution is 9.10. The number of oxime groups is 1. The van der Waals surface area contributed by atoms with Crippen molar-refractivity contribution in [1.29, 1.82) is 0 Å². The van der Waals surface area contributed by atoms with Gasteiger partial charge in [0.15, 0.2) is 0 Å². The maximum Gasteiger partial charge on any atom is 0.142 e. The van der Waals surface area contributed by atoms with Gasteiger partial charge in [0.1, 0.15) is 17.7 Å². The van der Waals surface area contributed by atoms with Crippen molar-refractivity contribution in [2.45, 2.75) is 25.9 Å². The van der Waals surface area contributed by atoms with Crippen molar-refractivity contribution in [2.75, 3.05) is 0 Å². The molecule has 0 amide bonds. The Morgan fingerprint density at radius 2 is 2.35 bits per heavy atom. The number of benzene rings is 1. The Morgan fingerprint density at radius 3 is 2.88 bits per heavy atom. The van der Waals surface area contributed by atoms with Gasteiger partial charge in [0.2, 0.25) is 0 Å². The number of ether oxygens (including phenoxy) is 1. The molecule has 1 aromatic carbocycles. The number of rotatable bonds is 5. The lowest BCUT2D eigenvalue weighted by Crippen LogP contribution is -2.24. The molecule has 0 aliphatic carbocycles. The molecule has 1 atom stereocenters. The zero-order valence-electron chi connectivity index (χ0n) is 9.36. The van der Waals surface area contributed by atoms with Crippen molar-refractivity contribution >= 4 is 33.4 Å². The Kier molecular flexibility index (Phi) is 5.58. The minimum atomic E-state index is -0.136. The third kappa shape index (κ3) is 4.44. The predicted molar refractivity (Wildman–Crippen MR) is 71.9 cm³/mol. The first kappa shape index (κ1) is 14.1. The van der Waals surface area contributed by atoms with E-state index in [9.17, 15) is 0 Å². The van der Waals surface area contributed by atoms with Crippen molar-refractivity contribution < 1.29 is 9.94 Å². The molecule has 0 bridgehead atoms. The molecule has 1 unspecified atom stereocenters. The summed E-state index contributed by atoms with van der Waals surface area (Å²) in [6.07, 6.45) is 0.997. The molecular formula is C11H14BrClN2O2. The van der Waals surface area contributed by atoms with Gasteiger partial charge < -0.3 is 15.7 Å². The molecule has 0 heterocycles. The zero-order chi connectivity index (χ0) is 12.8. The summed E-state index contributed by atoms with van der Waals surface area (Å²) in [7, 11) is 0. The van der Waals surface area contributed by atoms with Crippen LogP contribution in [-0.2, 0) is 0 Å². The van der Waals surface area contributed by atoms with E-state index in [1.165, 1.54) is 0 Å². The van der Waals surface area contributed by atoms with Gasteiger partial charge in [-0.15, -0.1) is 0 Å². The molecule has 0 aliphatic rings. The molecule has 4 nitrogen and oxygen atoms in total. The molecule has 1 rings (SSSR count). The summed E-state index contributed by atoms with van der Waals surface area (Å²) in [6.45, 7) is 1.97. The standard InChI is InChI=1S/C11H14BrClN2O2/c1-2-8(6-11(14)15-16)17-10-4-3-7(13)5-9(10)12/h3-5,8,16H,2,6H2,1H3,(H2,14,15). The summed E-state index contributed by atoms with van der Waals surface area (Å²) in [5, 5.41) is 12.1. The molecule has 0 saturated carbocycles. The van der Waals surface area contributed by atoms with E-state index >= 15 is 0 Å². The van der Waals surface area contributed by atoms with Crippen LogP contribution in [0.25, 0.3) is 0 Å². The number of nitrogens with zero attached hydrogens (tertiary/aromatic N) is 1. The van der Waals surface area contributed by atoms with Crippen molar-refractivity contribution in [3.63, 3.8) is 0 Å². The molecule has 0 saturated heterocycles. The molecule has 3 N–H and O–H groups in total. The third-order valence-electron chi connectivity index (χ3n) is 2.21. The van der Waals surface area contributed by atoms with Crippen molar-refractivity contribution in [3.8, 4) is 5.75 Å². The second kappa shape index (κ2) is 6.71. The first-order valence-electron chi connectivity index (χ1n) is 5.15. The molecule has 6 heteroatoms. The number of hydrogen-bond acceptors (Lipinski definition) is 3.